The number of aromatic nitrogens is 1. The molecule has 0 bridgehead atoms. The number of aryl methyl sites for hydroxylation is 1. The zero-order valence-electron chi connectivity index (χ0n) is 13.3. The molecule has 130 valence electrons. The Morgan fingerprint density at radius 2 is 2.00 bits per heavy atom. The molecule has 0 fully saturated rings. The molecule has 0 N–H and O–H groups in total. The summed E-state index contributed by atoms with van der Waals surface area (Å²) >= 11 is 3.29. The fourth-order valence-electron chi connectivity index (χ4n) is 2.03. The summed E-state index contributed by atoms with van der Waals surface area (Å²) < 4.78 is 39.5. The molecular formula is C15H16BrNO6S. The van der Waals surface area contributed by atoms with Gasteiger partial charge in [-0.2, -0.15) is 0 Å². The van der Waals surface area contributed by atoms with E-state index in [0.717, 1.165) is 6.26 Å². The topological polar surface area (TPSA) is 95.7 Å². The first-order valence-electron chi connectivity index (χ1n) is 6.87. The lowest BCUT2D eigenvalue weighted by Gasteiger charge is -2.14. The van der Waals surface area contributed by atoms with Crippen molar-refractivity contribution in [1.82, 2.24) is 5.16 Å². The molecule has 0 saturated heterocycles. The van der Waals surface area contributed by atoms with Crippen LogP contribution in [-0.4, -0.2) is 45.9 Å². The quantitative estimate of drug-likeness (QED) is 0.503. The average molecular weight is 418 g/mol. The predicted molar refractivity (Wildman–Crippen MR) is 89.3 cm³/mol. The molecule has 0 saturated carbocycles. The molecule has 7 nitrogen and oxygen atoms in total. The van der Waals surface area contributed by atoms with Gasteiger partial charge in [0.1, 0.15) is 17.3 Å². The van der Waals surface area contributed by atoms with Gasteiger partial charge in [0.15, 0.2) is 21.4 Å². The van der Waals surface area contributed by atoms with Gasteiger partial charge in [0, 0.05) is 18.9 Å². The molecule has 1 heterocycles. The molecular weight excluding hydrogens is 402 g/mol. The maximum atomic E-state index is 12.6. The van der Waals surface area contributed by atoms with Crippen molar-refractivity contribution in [3.63, 3.8) is 0 Å². The second-order valence-corrected chi connectivity index (χ2v) is 7.77. The van der Waals surface area contributed by atoms with Crippen molar-refractivity contribution < 1.29 is 27.2 Å². The van der Waals surface area contributed by atoms with E-state index >= 15 is 0 Å². The van der Waals surface area contributed by atoms with Gasteiger partial charge in [-0.1, -0.05) is 5.16 Å². The highest BCUT2D eigenvalue weighted by molar-refractivity contribution is 9.10. The minimum absolute atomic E-state index is 0.0101. The standard InChI is InChI=1S/C15H16BrNO6S/c1-9-11(8-17-23-9)14(18)10-4-5-12(24(3,19)20)15(13(10)16)22-7-6-21-2/h4-5,8H,6-7H2,1-3H3. The molecule has 0 amide bonds. The summed E-state index contributed by atoms with van der Waals surface area (Å²) in [5.74, 6) is 0.104. The second kappa shape index (κ2) is 7.45. The van der Waals surface area contributed by atoms with Crippen molar-refractivity contribution in [2.45, 2.75) is 11.8 Å². The molecule has 1 aromatic carbocycles. The lowest BCUT2D eigenvalue weighted by atomic mass is 10.0. The first-order valence-corrected chi connectivity index (χ1v) is 9.56. The molecule has 0 aliphatic carbocycles. The molecule has 2 rings (SSSR count). The Labute approximate surface area is 148 Å². The first kappa shape index (κ1) is 18.6. The van der Waals surface area contributed by atoms with Crippen LogP contribution in [0.15, 0.2) is 32.2 Å². The lowest BCUT2D eigenvalue weighted by molar-refractivity contribution is 0.103. The molecule has 0 unspecified atom stereocenters. The Morgan fingerprint density at radius 3 is 2.54 bits per heavy atom. The summed E-state index contributed by atoms with van der Waals surface area (Å²) in [5, 5.41) is 3.58. The van der Waals surface area contributed by atoms with Crippen LogP contribution in [0.4, 0.5) is 0 Å². The minimum atomic E-state index is -3.54. The Hall–Kier alpha value is -1.71. The number of hydrogen-bond donors (Lipinski definition) is 0. The van der Waals surface area contributed by atoms with Crippen LogP contribution >= 0.6 is 15.9 Å². The highest BCUT2D eigenvalue weighted by atomic mass is 79.9. The number of methoxy groups -OCH3 is 1. The number of hydrogen-bond acceptors (Lipinski definition) is 7. The number of rotatable bonds is 7. The van der Waals surface area contributed by atoms with E-state index in [1.54, 1.807) is 6.92 Å². The molecule has 0 radical (unpaired) electrons. The Bertz CT molecular complexity index is 859. The van der Waals surface area contributed by atoms with Crippen LogP contribution in [0.1, 0.15) is 21.7 Å². The smallest absolute Gasteiger partial charge is 0.199 e. The third kappa shape index (κ3) is 3.85. The molecule has 0 atom stereocenters. The zero-order valence-corrected chi connectivity index (χ0v) is 15.7. The third-order valence-electron chi connectivity index (χ3n) is 3.23. The first-order chi connectivity index (χ1) is 11.3. The molecule has 9 heteroatoms. The third-order valence-corrected chi connectivity index (χ3v) is 5.14. The minimum Gasteiger partial charge on any atom is -0.489 e. The van der Waals surface area contributed by atoms with E-state index in [9.17, 15) is 13.2 Å². The number of carbonyl (C=O) groups is 1. The van der Waals surface area contributed by atoms with E-state index < -0.39 is 9.84 Å². The van der Waals surface area contributed by atoms with Crippen LogP contribution in [0, 0.1) is 6.92 Å². The van der Waals surface area contributed by atoms with Crippen LogP contribution in [0.3, 0.4) is 0 Å². The second-order valence-electron chi connectivity index (χ2n) is 4.99. The summed E-state index contributed by atoms with van der Waals surface area (Å²) in [6, 6.07) is 2.77. The lowest BCUT2D eigenvalue weighted by Crippen LogP contribution is -2.11. The number of ether oxygens (including phenoxy) is 2. The van der Waals surface area contributed by atoms with Crippen LogP contribution in [0.25, 0.3) is 0 Å². The summed E-state index contributed by atoms with van der Waals surface area (Å²) in [6.07, 6.45) is 2.39. The van der Waals surface area contributed by atoms with Crippen molar-refractivity contribution in [2.24, 2.45) is 0 Å². The molecule has 0 aliphatic rings. The van der Waals surface area contributed by atoms with Gasteiger partial charge in [0.2, 0.25) is 0 Å². The van der Waals surface area contributed by atoms with E-state index in [1.165, 1.54) is 25.4 Å². The zero-order chi connectivity index (χ0) is 17.9. The van der Waals surface area contributed by atoms with Gasteiger partial charge in [-0.05, 0) is 35.0 Å². The molecule has 0 spiro atoms. The van der Waals surface area contributed by atoms with Gasteiger partial charge in [-0.15, -0.1) is 0 Å². The van der Waals surface area contributed by atoms with E-state index in [2.05, 4.69) is 21.1 Å². The molecule has 0 aliphatic heterocycles. The number of ketones is 1. The predicted octanol–water partition coefficient (Wildman–Crippen LogP) is 2.41. The fourth-order valence-corrected chi connectivity index (χ4v) is 3.61. The Balaban J connectivity index is 2.53. The van der Waals surface area contributed by atoms with Crippen LogP contribution in [0.2, 0.25) is 0 Å². The van der Waals surface area contributed by atoms with E-state index in [0.29, 0.717) is 11.3 Å². The summed E-state index contributed by atoms with van der Waals surface area (Å²) in [7, 11) is -2.03. The average Bonchev–Trinajstić information content (AvgIpc) is 2.93. The van der Waals surface area contributed by atoms with Gasteiger partial charge in [0.05, 0.1) is 22.8 Å². The summed E-state index contributed by atoms with van der Waals surface area (Å²) in [5.41, 5.74) is 0.548. The molecule has 24 heavy (non-hydrogen) atoms. The van der Waals surface area contributed by atoms with Crippen molar-refractivity contribution in [3.05, 3.63) is 39.7 Å². The molecule has 2 aromatic rings. The van der Waals surface area contributed by atoms with Crippen molar-refractivity contribution in [1.29, 1.82) is 0 Å². The number of benzene rings is 1. The van der Waals surface area contributed by atoms with E-state index in [4.69, 9.17) is 14.0 Å². The normalized spacial score (nSPS) is 11.5. The fraction of sp³-hybridized carbons (Fsp3) is 0.333. The maximum absolute atomic E-state index is 12.6. The van der Waals surface area contributed by atoms with Crippen molar-refractivity contribution in [2.75, 3.05) is 26.6 Å². The van der Waals surface area contributed by atoms with Crippen LogP contribution in [0.5, 0.6) is 5.75 Å². The monoisotopic (exact) mass is 417 g/mol. The highest BCUT2D eigenvalue weighted by Crippen LogP contribution is 2.36. The van der Waals surface area contributed by atoms with Crippen LogP contribution < -0.4 is 4.74 Å². The van der Waals surface area contributed by atoms with Crippen molar-refractivity contribution >= 4 is 31.6 Å². The molecule has 1 aromatic heterocycles. The number of nitrogens with zero attached hydrogens (tertiary/aromatic N) is 1. The largest absolute Gasteiger partial charge is 0.489 e. The van der Waals surface area contributed by atoms with Crippen molar-refractivity contribution in [3.8, 4) is 5.75 Å². The Morgan fingerprint density at radius 1 is 1.29 bits per heavy atom. The van der Waals surface area contributed by atoms with Gasteiger partial charge < -0.3 is 14.0 Å². The van der Waals surface area contributed by atoms with Gasteiger partial charge >= 0.3 is 0 Å². The number of sulfone groups is 1. The van der Waals surface area contributed by atoms with E-state index in [1.807, 2.05) is 0 Å². The van der Waals surface area contributed by atoms with Gasteiger partial charge in [-0.25, -0.2) is 8.42 Å². The summed E-state index contributed by atoms with van der Waals surface area (Å²) in [6.45, 7) is 2.04. The summed E-state index contributed by atoms with van der Waals surface area (Å²) in [4.78, 5) is 12.6. The van der Waals surface area contributed by atoms with E-state index in [-0.39, 0.29) is 39.7 Å². The van der Waals surface area contributed by atoms with Gasteiger partial charge in [-0.3, -0.25) is 4.79 Å². The van der Waals surface area contributed by atoms with Crippen LogP contribution in [-0.2, 0) is 14.6 Å². The number of carbonyl (C=O) groups excluding carboxylic acids is 1. The SMILES string of the molecule is COCCOc1c(S(C)(=O)=O)ccc(C(=O)c2cnoc2C)c1Br. The maximum Gasteiger partial charge on any atom is 0.199 e. The number of halogens is 1. The highest BCUT2D eigenvalue weighted by Gasteiger charge is 2.25. The Kier molecular flexibility index (Phi) is 5.79. The van der Waals surface area contributed by atoms with Gasteiger partial charge in [0.25, 0.3) is 0 Å².